The number of likely N-dealkylation sites (tertiary alicyclic amines) is 1. The SMILES string of the molecule is CCc1noc(-c2ccc(CCN=C(N)N3CCCC(C)C3)cc2)n1. The third-order valence-corrected chi connectivity index (χ3v) is 4.64. The maximum absolute atomic E-state index is 6.14. The molecule has 1 saturated heterocycles. The van der Waals surface area contributed by atoms with Gasteiger partial charge in [0, 0.05) is 31.6 Å². The second kappa shape index (κ2) is 8.14. The molecule has 0 spiro atoms. The molecule has 6 nitrogen and oxygen atoms in total. The first-order valence-electron chi connectivity index (χ1n) is 9.12. The van der Waals surface area contributed by atoms with Crippen molar-refractivity contribution in [1.29, 1.82) is 0 Å². The quantitative estimate of drug-likeness (QED) is 0.668. The second-order valence-corrected chi connectivity index (χ2v) is 6.75. The molecular weight excluding hydrogens is 314 g/mol. The Morgan fingerprint density at radius 3 is 2.84 bits per heavy atom. The van der Waals surface area contributed by atoms with Crippen molar-refractivity contribution in [2.24, 2.45) is 16.6 Å². The lowest BCUT2D eigenvalue weighted by Gasteiger charge is -2.31. The molecule has 2 N–H and O–H groups in total. The molecule has 2 heterocycles. The van der Waals surface area contributed by atoms with Crippen LogP contribution >= 0.6 is 0 Å². The minimum atomic E-state index is 0.574. The van der Waals surface area contributed by atoms with E-state index in [0.717, 1.165) is 37.3 Å². The van der Waals surface area contributed by atoms with Gasteiger partial charge in [-0.1, -0.05) is 31.1 Å². The van der Waals surface area contributed by atoms with Gasteiger partial charge < -0.3 is 15.2 Å². The van der Waals surface area contributed by atoms with Gasteiger partial charge in [0.15, 0.2) is 11.8 Å². The van der Waals surface area contributed by atoms with E-state index in [1.54, 1.807) is 0 Å². The molecule has 1 fully saturated rings. The van der Waals surface area contributed by atoms with Gasteiger partial charge in [0.05, 0.1) is 0 Å². The summed E-state index contributed by atoms with van der Waals surface area (Å²) in [6.45, 7) is 7.03. The number of aromatic nitrogens is 2. The van der Waals surface area contributed by atoms with E-state index in [2.05, 4.69) is 39.1 Å². The van der Waals surface area contributed by atoms with Gasteiger partial charge in [-0.2, -0.15) is 4.98 Å². The highest BCUT2D eigenvalue weighted by Crippen LogP contribution is 2.18. The van der Waals surface area contributed by atoms with Crippen molar-refractivity contribution in [3.8, 4) is 11.5 Å². The van der Waals surface area contributed by atoms with Gasteiger partial charge in [0.25, 0.3) is 5.89 Å². The number of aliphatic imine (C=N–C) groups is 1. The first kappa shape index (κ1) is 17.5. The monoisotopic (exact) mass is 341 g/mol. The molecule has 1 atom stereocenters. The fraction of sp³-hybridized carbons (Fsp3) is 0.526. The topological polar surface area (TPSA) is 80.5 Å². The van der Waals surface area contributed by atoms with Crippen LogP contribution in [-0.2, 0) is 12.8 Å². The molecule has 25 heavy (non-hydrogen) atoms. The number of hydrogen-bond donors (Lipinski definition) is 1. The molecular formula is C19H27N5O. The van der Waals surface area contributed by atoms with Gasteiger partial charge in [-0.25, -0.2) is 0 Å². The Morgan fingerprint density at radius 2 is 2.16 bits per heavy atom. The van der Waals surface area contributed by atoms with E-state index >= 15 is 0 Å². The number of benzene rings is 1. The van der Waals surface area contributed by atoms with Crippen molar-refractivity contribution in [3.05, 3.63) is 35.7 Å². The molecule has 0 bridgehead atoms. The molecule has 6 heteroatoms. The van der Waals surface area contributed by atoms with Crippen molar-refractivity contribution in [3.63, 3.8) is 0 Å². The van der Waals surface area contributed by atoms with Gasteiger partial charge >= 0.3 is 0 Å². The minimum absolute atomic E-state index is 0.574. The van der Waals surface area contributed by atoms with Crippen LogP contribution in [0.25, 0.3) is 11.5 Å². The highest BCUT2D eigenvalue weighted by molar-refractivity contribution is 5.78. The predicted octanol–water partition coefficient (Wildman–Crippen LogP) is 2.89. The third-order valence-electron chi connectivity index (χ3n) is 4.64. The van der Waals surface area contributed by atoms with Crippen molar-refractivity contribution in [2.75, 3.05) is 19.6 Å². The third kappa shape index (κ3) is 4.59. The lowest BCUT2D eigenvalue weighted by atomic mass is 10.0. The minimum Gasteiger partial charge on any atom is -0.370 e. The maximum Gasteiger partial charge on any atom is 0.257 e. The molecule has 0 aliphatic carbocycles. The van der Waals surface area contributed by atoms with Crippen LogP contribution in [0.3, 0.4) is 0 Å². The zero-order chi connectivity index (χ0) is 17.6. The Balaban J connectivity index is 1.54. The summed E-state index contributed by atoms with van der Waals surface area (Å²) in [6, 6.07) is 8.20. The summed E-state index contributed by atoms with van der Waals surface area (Å²) in [6.07, 6.45) is 4.13. The van der Waals surface area contributed by atoms with Gasteiger partial charge in [0.2, 0.25) is 0 Å². The molecule has 1 unspecified atom stereocenters. The molecule has 0 saturated carbocycles. The van der Waals surface area contributed by atoms with Crippen molar-refractivity contribution < 1.29 is 4.52 Å². The van der Waals surface area contributed by atoms with Crippen LogP contribution < -0.4 is 5.73 Å². The first-order valence-corrected chi connectivity index (χ1v) is 9.12. The Hall–Kier alpha value is -2.37. The van der Waals surface area contributed by atoms with Crippen molar-refractivity contribution in [1.82, 2.24) is 15.0 Å². The molecule has 1 aromatic heterocycles. The molecule has 1 aliphatic rings. The fourth-order valence-corrected chi connectivity index (χ4v) is 3.13. The van der Waals surface area contributed by atoms with Gasteiger partial charge in [-0.15, -0.1) is 0 Å². The number of nitrogens with zero attached hydrogens (tertiary/aromatic N) is 4. The summed E-state index contributed by atoms with van der Waals surface area (Å²) in [4.78, 5) is 11.1. The van der Waals surface area contributed by atoms with Gasteiger partial charge in [-0.05, 0) is 42.9 Å². The van der Waals surface area contributed by atoms with E-state index in [1.165, 1.54) is 18.4 Å². The summed E-state index contributed by atoms with van der Waals surface area (Å²) in [7, 11) is 0. The number of hydrogen-bond acceptors (Lipinski definition) is 4. The molecule has 134 valence electrons. The van der Waals surface area contributed by atoms with E-state index in [-0.39, 0.29) is 0 Å². The number of nitrogens with two attached hydrogens (primary N) is 1. The zero-order valence-electron chi connectivity index (χ0n) is 15.1. The average molecular weight is 341 g/mol. The Labute approximate surface area is 149 Å². The maximum atomic E-state index is 6.14. The highest BCUT2D eigenvalue weighted by Gasteiger charge is 2.17. The van der Waals surface area contributed by atoms with Crippen LogP contribution in [0.1, 0.15) is 38.1 Å². The molecule has 2 aromatic rings. The van der Waals surface area contributed by atoms with E-state index in [1.807, 2.05) is 19.1 Å². The zero-order valence-corrected chi connectivity index (χ0v) is 15.1. The fourth-order valence-electron chi connectivity index (χ4n) is 3.13. The molecule has 1 aromatic carbocycles. The van der Waals surface area contributed by atoms with Crippen LogP contribution in [0.15, 0.2) is 33.8 Å². The summed E-state index contributed by atoms with van der Waals surface area (Å²) >= 11 is 0. The lowest BCUT2D eigenvalue weighted by Crippen LogP contribution is -2.43. The normalized spacial score (nSPS) is 18.6. The average Bonchev–Trinajstić information content (AvgIpc) is 3.11. The van der Waals surface area contributed by atoms with E-state index < -0.39 is 0 Å². The first-order chi connectivity index (χ1) is 12.2. The Kier molecular flexibility index (Phi) is 5.68. The summed E-state index contributed by atoms with van der Waals surface area (Å²) in [5.41, 5.74) is 8.31. The number of guanidine groups is 1. The van der Waals surface area contributed by atoms with E-state index in [4.69, 9.17) is 10.3 Å². The predicted molar refractivity (Wildman–Crippen MR) is 99.3 cm³/mol. The molecule has 1 aliphatic heterocycles. The number of rotatable bonds is 5. The van der Waals surface area contributed by atoms with Gasteiger partial charge in [-0.3, -0.25) is 4.99 Å². The Bertz CT molecular complexity index is 707. The molecule has 3 rings (SSSR count). The van der Waals surface area contributed by atoms with Crippen LogP contribution in [0.2, 0.25) is 0 Å². The van der Waals surface area contributed by atoms with E-state index in [9.17, 15) is 0 Å². The largest absolute Gasteiger partial charge is 0.370 e. The smallest absolute Gasteiger partial charge is 0.257 e. The van der Waals surface area contributed by atoms with Crippen LogP contribution in [0, 0.1) is 5.92 Å². The highest BCUT2D eigenvalue weighted by atomic mass is 16.5. The lowest BCUT2D eigenvalue weighted by molar-refractivity contribution is 0.270. The van der Waals surface area contributed by atoms with Crippen LogP contribution in [0.5, 0.6) is 0 Å². The summed E-state index contributed by atoms with van der Waals surface area (Å²) in [5.74, 6) is 2.69. The van der Waals surface area contributed by atoms with Crippen LogP contribution in [0.4, 0.5) is 0 Å². The van der Waals surface area contributed by atoms with Crippen molar-refractivity contribution >= 4 is 5.96 Å². The summed E-state index contributed by atoms with van der Waals surface area (Å²) < 4.78 is 5.26. The van der Waals surface area contributed by atoms with Crippen molar-refractivity contribution in [2.45, 2.75) is 39.5 Å². The summed E-state index contributed by atoms with van der Waals surface area (Å²) in [5, 5.41) is 3.93. The molecule has 0 amide bonds. The number of piperidine rings is 1. The Morgan fingerprint density at radius 1 is 1.36 bits per heavy atom. The number of aryl methyl sites for hydroxylation is 1. The van der Waals surface area contributed by atoms with Gasteiger partial charge in [0.1, 0.15) is 0 Å². The molecule has 0 radical (unpaired) electrons. The standard InChI is InChI=1S/C19H27N5O/c1-3-17-22-18(25-23-17)16-8-6-15(7-9-16)10-11-21-19(20)24-12-4-5-14(2)13-24/h6-9,14H,3-5,10-13H2,1-2H3,(H2,20,21). The second-order valence-electron chi connectivity index (χ2n) is 6.75. The van der Waals surface area contributed by atoms with Crippen LogP contribution in [-0.4, -0.2) is 40.6 Å². The van der Waals surface area contributed by atoms with E-state index in [0.29, 0.717) is 24.3 Å².